The van der Waals surface area contributed by atoms with Crippen LogP contribution < -0.4 is 0 Å². The fourth-order valence-corrected chi connectivity index (χ4v) is 15.8. The third-order valence-corrected chi connectivity index (χ3v) is 23.1. The molecule has 0 aromatic heterocycles. The molecule has 14 heteroatoms. The van der Waals surface area contributed by atoms with Gasteiger partial charge in [-0.05, 0) is 194 Å². The maximum absolute atomic E-state index is 13.2. The van der Waals surface area contributed by atoms with E-state index in [0.29, 0.717) is 58.2 Å². The number of carbonyl (C=O) groups is 6. The molecule has 668 valence electrons. The number of unbranched alkanes of at least 4 members (excludes halogenated alkanes) is 50. The third-order valence-electron chi connectivity index (χ3n) is 23.1. The predicted octanol–water partition coefficient (Wildman–Crippen LogP) is 29.0. The van der Waals surface area contributed by atoms with Crippen molar-refractivity contribution in [1.82, 2.24) is 9.80 Å². The van der Waals surface area contributed by atoms with Crippen LogP contribution in [0.4, 0.5) is 0 Å². The molecule has 0 aliphatic heterocycles. The van der Waals surface area contributed by atoms with Gasteiger partial charge in [-0.15, -0.1) is 0 Å². The average molecular weight is 1600 g/mol. The second kappa shape index (κ2) is 88.0. The van der Waals surface area contributed by atoms with Gasteiger partial charge in [0.2, 0.25) is 0 Å². The van der Waals surface area contributed by atoms with Gasteiger partial charge in [0.05, 0.1) is 13.2 Å². The number of carbonyl (C=O) groups excluding carboxylic acids is 6. The summed E-state index contributed by atoms with van der Waals surface area (Å²) in [7, 11) is 0. The van der Waals surface area contributed by atoms with Crippen molar-refractivity contribution < 1.29 is 57.2 Å². The Balaban J connectivity index is 5.27. The van der Waals surface area contributed by atoms with Crippen molar-refractivity contribution >= 4 is 35.8 Å². The van der Waals surface area contributed by atoms with E-state index in [4.69, 9.17) is 28.4 Å². The van der Waals surface area contributed by atoms with Gasteiger partial charge in [0.1, 0.15) is 24.4 Å². The van der Waals surface area contributed by atoms with Crippen molar-refractivity contribution in [3.63, 3.8) is 0 Å². The molecule has 0 heterocycles. The molecule has 0 saturated carbocycles. The van der Waals surface area contributed by atoms with Crippen molar-refractivity contribution in [2.75, 3.05) is 52.5 Å². The zero-order valence-corrected chi connectivity index (χ0v) is 76.4. The summed E-state index contributed by atoms with van der Waals surface area (Å²) >= 11 is 0. The molecule has 2 unspecified atom stereocenters. The van der Waals surface area contributed by atoms with E-state index in [2.05, 4.69) is 51.3 Å². The summed E-state index contributed by atoms with van der Waals surface area (Å²) < 4.78 is 35.2. The molecule has 0 N–H and O–H groups in total. The van der Waals surface area contributed by atoms with Crippen LogP contribution >= 0.6 is 0 Å². The highest BCUT2D eigenvalue weighted by Crippen LogP contribution is 2.23. The Hall–Kier alpha value is -3.26. The first kappa shape index (κ1) is 110. The van der Waals surface area contributed by atoms with Gasteiger partial charge in [-0.3, -0.25) is 28.8 Å². The van der Waals surface area contributed by atoms with E-state index in [1.165, 1.54) is 193 Å². The predicted molar refractivity (Wildman–Crippen MR) is 477 cm³/mol. The van der Waals surface area contributed by atoms with Crippen LogP contribution in [0.25, 0.3) is 0 Å². The van der Waals surface area contributed by atoms with Gasteiger partial charge in [-0.2, -0.15) is 0 Å². The zero-order chi connectivity index (χ0) is 82.4. The molecule has 0 aliphatic carbocycles. The Bertz CT molecular complexity index is 1890. The maximum Gasteiger partial charge on any atom is 0.306 e. The maximum atomic E-state index is 13.2. The highest BCUT2D eigenvalue weighted by atomic mass is 16.6. The van der Waals surface area contributed by atoms with Gasteiger partial charge in [0, 0.05) is 44.9 Å². The van der Waals surface area contributed by atoms with Crippen LogP contribution in [0.15, 0.2) is 0 Å². The Morgan fingerprint density at radius 2 is 0.381 bits per heavy atom. The van der Waals surface area contributed by atoms with Crippen LogP contribution in [-0.4, -0.2) is 123 Å². The van der Waals surface area contributed by atoms with E-state index >= 15 is 0 Å². The van der Waals surface area contributed by atoms with Crippen LogP contribution in [0.1, 0.15) is 524 Å². The quantitative estimate of drug-likeness (QED) is 0.0321. The molecule has 113 heavy (non-hydrogen) atoms. The van der Waals surface area contributed by atoms with Gasteiger partial charge >= 0.3 is 35.8 Å². The molecule has 0 bridgehead atoms. The van der Waals surface area contributed by atoms with Crippen molar-refractivity contribution in [2.24, 2.45) is 0 Å². The van der Waals surface area contributed by atoms with E-state index in [1.807, 2.05) is 13.8 Å². The van der Waals surface area contributed by atoms with E-state index in [9.17, 15) is 28.8 Å². The molecule has 0 radical (unpaired) electrons. The molecule has 0 spiro atoms. The van der Waals surface area contributed by atoms with Crippen molar-refractivity contribution in [1.29, 1.82) is 0 Å². The van der Waals surface area contributed by atoms with Crippen LogP contribution in [0, 0.1) is 0 Å². The second-order valence-electron chi connectivity index (χ2n) is 34.6. The summed E-state index contributed by atoms with van der Waals surface area (Å²) in [5.41, 5.74) is 0. The Labute approximate surface area is 700 Å². The van der Waals surface area contributed by atoms with Gasteiger partial charge in [-0.1, -0.05) is 324 Å². The molecule has 0 rings (SSSR count). The summed E-state index contributed by atoms with van der Waals surface area (Å²) in [6, 6.07) is 0. The highest BCUT2D eigenvalue weighted by Gasteiger charge is 2.20. The Morgan fingerprint density at radius 3 is 0.628 bits per heavy atom. The first-order chi connectivity index (χ1) is 55.3. The normalized spacial score (nSPS) is 12.2. The minimum absolute atomic E-state index is 0.00884. The number of rotatable bonds is 92. The minimum Gasteiger partial charge on any atom is -0.466 e. The van der Waals surface area contributed by atoms with Crippen molar-refractivity contribution in [3.05, 3.63) is 0 Å². The highest BCUT2D eigenvalue weighted by molar-refractivity contribution is 5.71. The summed E-state index contributed by atoms with van der Waals surface area (Å²) in [6.07, 6.45) is 78.2. The van der Waals surface area contributed by atoms with Crippen LogP contribution in [-0.2, 0) is 57.2 Å². The molecule has 0 aliphatic rings. The zero-order valence-electron chi connectivity index (χ0n) is 76.4. The average Bonchev–Trinajstić information content (AvgIpc) is 0.975. The molecule has 0 aromatic carbocycles. The smallest absolute Gasteiger partial charge is 0.306 e. The third kappa shape index (κ3) is 82.2. The van der Waals surface area contributed by atoms with E-state index in [0.717, 1.165) is 270 Å². The van der Waals surface area contributed by atoms with E-state index in [1.54, 1.807) is 0 Å². The Morgan fingerprint density at radius 1 is 0.204 bits per heavy atom. The number of hydrogen-bond donors (Lipinski definition) is 0. The summed E-state index contributed by atoms with van der Waals surface area (Å²) in [5.74, 6) is -0.527. The molecule has 0 amide bonds. The minimum atomic E-state index is -0.363. The fraction of sp³-hybridized carbons (Fsp3) is 0.939. The number of esters is 6. The fourth-order valence-electron chi connectivity index (χ4n) is 15.8. The Kier molecular flexibility index (Phi) is 85.5. The topological polar surface area (TPSA) is 164 Å². The van der Waals surface area contributed by atoms with Crippen LogP contribution in [0.5, 0.6) is 0 Å². The lowest BCUT2D eigenvalue weighted by Crippen LogP contribution is -2.28. The summed E-state index contributed by atoms with van der Waals surface area (Å²) in [5, 5.41) is 0. The SMILES string of the molecule is CCCCCCCCCOC(=O)CCCCCCCN(CCCCCCCC(=O)OC(CCCCCCCC)CCCCCCCC)CCCCC(=O)OC(C)CC(C)OC(=O)CCCCN(CCCCCCCC(=O)OCCCCCCCCC)CCCCCCCC(=O)OC(CCCCCCCC)CCCCCCCC. The van der Waals surface area contributed by atoms with Gasteiger partial charge < -0.3 is 38.2 Å². The number of ether oxygens (including phenoxy) is 6. The molecular weight excluding hydrogens is 1410 g/mol. The van der Waals surface area contributed by atoms with Crippen molar-refractivity contribution in [2.45, 2.75) is 549 Å². The molecule has 0 fully saturated rings. The standard InChI is InChI=1S/C99H190N2O12/c1-9-15-21-27-33-51-69-87-108-94(102)75-57-43-35-47-63-81-100(83-65-49-37-45-59-77-98(106)112-92(71-53-39-29-23-17-11-3)72-54-40-30-24-18-12-4)85-67-61-79-96(104)110-90(7)89-91(8)111-97(105)80-62-68-86-101(82-64-48-36-44-58-76-95(103)109-88-70-52-34-28-22-16-10-2)84-66-50-38-46-60-78-99(107)113-93(73-55-41-31-25-19-13-5)74-56-42-32-26-20-14-6/h90-93H,9-89H2,1-8H3. The molecule has 14 nitrogen and oxygen atoms in total. The molecule has 2 atom stereocenters. The molecular formula is C99H190N2O12. The van der Waals surface area contributed by atoms with E-state index < -0.39 is 0 Å². The first-order valence-corrected chi connectivity index (χ1v) is 49.8. The molecule has 0 aromatic rings. The number of nitrogens with zero attached hydrogens (tertiary/aromatic N) is 2. The summed E-state index contributed by atoms with van der Waals surface area (Å²) in [6.45, 7) is 24.4. The van der Waals surface area contributed by atoms with Crippen LogP contribution in [0.2, 0.25) is 0 Å². The monoisotopic (exact) mass is 1600 g/mol. The van der Waals surface area contributed by atoms with Gasteiger partial charge in [0.25, 0.3) is 0 Å². The lowest BCUT2D eigenvalue weighted by atomic mass is 10.0. The van der Waals surface area contributed by atoms with Crippen molar-refractivity contribution in [3.8, 4) is 0 Å². The van der Waals surface area contributed by atoms with Crippen LogP contribution in [0.3, 0.4) is 0 Å². The van der Waals surface area contributed by atoms with Gasteiger partial charge in [0.15, 0.2) is 0 Å². The van der Waals surface area contributed by atoms with Gasteiger partial charge in [-0.25, -0.2) is 0 Å². The second-order valence-corrected chi connectivity index (χ2v) is 34.6. The lowest BCUT2D eigenvalue weighted by Gasteiger charge is -2.23. The van der Waals surface area contributed by atoms with E-state index in [-0.39, 0.29) is 60.2 Å². The largest absolute Gasteiger partial charge is 0.466 e. The molecule has 0 saturated heterocycles. The first-order valence-electron chi connectivity index (χ1n) is 49.8. The lowest BCUT2D eigenvalue weighted by molar-refractivity contribution is -0.154. The summed E-state index contributed by atoms with van der Waals surface area (Å²) in [4.78, 5) is 82.6. The number of hydrogen-bond acceptors (Lipinski definition) is 14.